The van der Waals surface area contributed by atoms with E-state index in [0.717, 1.165) is 31.4 Å². The molecule has 14 heteroatoms. The summed E-state index contributed by atoms with van der Waals surface area (Å²) in [6, 6.07) is 27.4. The molecule has 2 aliphatic rings. The van der Waals surface area contributed by atoms with E-state index in [0.29, 0.717) is 45.1 Å². The Bertz CT molecular complexity index is 1770. The van der Waals surface area contributed by atoms with Crippen molar-refractivity contribution >= 4 is 67.1 Å². The van der Waals surface area contributed by atoms with Gasteiger partial charge in [0.05, 0.1) is 60.9 Å². The van der Waals surface area contributed by atoms with Gasteiger partial charge in [-0.15, -0.1) is 0 Å². The van der Waals surface area contributed by atoms with Gasteiger partial charge in [-0.1, -0.05) is 24.3 Å². The molecule has 0 unspecified atom stereocenters. The highest BCUT2D eigenvalue weighted by Gasteiger charge is 2.36. The van der Waals surface area contributed by atoms with E-state index in [4.69, 9.17) is 18.9 Å². The van der Waals surface area contributed by atoms with Crippen molar-refractivity contribution in [2.45, 2.75) is 0 Å². The molecule has 0 saturated heterocycles. The molecule has 4 amide bonds. The number of fused-ring (bicyclic) bond motifs is 2. The molecule has 0 aromatic heterocycles. The van der Waals surface area contributed by atoms with E-state index in [1.807, 2.05) is 0 Å². The van der Waals surface area contributed by atoms with Crippen LogP contribution in [0.5, 0.6) is 11.5 Å². The molecule has 0 aliphatic carbocycles. The SMILES string of the molecule is COc1ccc(N=C(OCCN2C(=O)c3ccccc3C2=O)SSC(=Nc2ccc(OC)cc2)OCCN2C(=O)c3ccccc3C2=O)cc1. The van der Waals surface area contributed by atoms with Crippen LogP contribution in [0.1, 0.15) is 41.4 Å². The lowest BCUT2D eigenvalue weighted by atomic mass is 10.1. The Morgan fingerprint density at radius 3 is 1.14 bits per heavy atom. The summed E-state index contributed by atoms with van der Waals surface area (Å²) in [5.41, 5.74) is 2.55. The second-order valence-corrected chi connectivity index (χ2v) is 12.7. The molecule has 12 nitrogen and oxygen atoms in total. The molecule has 2 heterocycles. The minimum Gasteiger partial charge on any atom is -0.497 e. The van der Waals surface area contributed by atoms with Gasteiger partial charge in [0.1, 0.15) is 24.7 Å². The van der Waals surface area contributed by atoms with Gasteiger partial charge in [-0.3, -0.25) is 29.0 Å². The van der Waals surface area contributed by atoms with Gasteiger partial charge in [0.15, 0.2) is 0 Å². The largest absolute Gasteiger partial charge is 0.497 e. The highest BCUT2D eigenvalue weighted by molar-refractivity contribution is 8.87. The van der Waals surface area contributed by atoms with Crippen molar-refractivity contribution in [3.63, 3.8) is 0 Å². The maximum Gasteiger partial charge on any atom is 0.262 e. The topological polar surface area (TPSA) is 136 Å². The van der Waals surface area contributed by atoms with Crippen molar-refractivity contribution in [3.8, 4) is 11.5 Å². The lowest BCUT2D eigenvalue weighted by molar-refractivity contribution is 0.0615. The van der Waals surface area contributed by atoms with Crippen LogP contribution < -0.4 is 9.47 Å². The van der Waals surface area contributed by atoms with Crippen molar-refractivity contribution in [1.82, 2.24) is 9.80 Å². The molecule has 0 atom stereocenters. The first-order valence-electron chi connectivity index (χ1n) is 15.3. The zero-order chi connectivity index (χ0) is 35.0. The van der Waals surface area contributed by atoms with Crippen LogP contribution in [-0.2, 0) is 9.47 Å². The molecule has 0 N–H and O–H groups in total. The average molecular weight is 711 g/mol. The molecular formula is C36H30N4O8S2. The van der Waals surface area contributed by atoms with E-state index in [2.05, 4.69) is 9.98 Å². The molecule has 0 fully saturated rings. The molecule has 4 aromatic rings. The highest BCUT2D eigenvalue weighted by atomic mass is 33.1. The van der Waals surface area contributed by atoms with Gasteiger partial charge in [0.2, 0.25) is 0 Å². The quantitative estimate of drug-likeness (QED) is 0.0789. The Morgan fingerprint density at radius 1 is 0.520 bits per heavy atom. The first-order valence-corrected chi connectivity index (χ1v) is 17.5. The Hall–Kier alpha value is -5.60. The van der Waals surface area contributed by atoms with Crippen LogP contribution in [0.2, 0.25) is 0 Å². The fourth-order valence-electron chi connectivity index (χ4n) is 5.08. The molecule has 4 aromatic carbocycles. The molecule has 50 heavy (non-hydrogen) atoms. The van der Waals surface area contributed by atoms with Crippen LogP contribution in [0.4, 0.5) is 11.4 Å². The normalized spacial score (nSPS) is 14.2. The van der Waals surface area contributed by atoms with Gasteiger partial charge in [0.25, 0.3) is 34.1 Å². The summed E-state index contributed by atoms with van der Waals surface area (Å²) in [5, 5.41) is 0.395. The number of carbonyl (C=O) groups excluding carboxylic acids is 4. The first kappa shape index (κ1) is 34.3. The van der Waals surface area contributed by atoms with Gasteiger partial charge in [-0.2, -0.15) is 0 Å². The van der Waals surface area contributed by atoms with Crippen molar-refractivity contribution in [2.24, 2.45) is 9.98 Å². The molecule has 0 bridgehead atoms. The summed E-state index contributed by atoms with van der Waals surface area (Å²) in [7, 11) is 5.34. The van der Waals surface area contributed by atoms with Gasteiger partial charge >= 0.3 is 0 Å². The van der Waals surface area contributed by atoms with E-state index < -0.39 is 0 Å². The molecule has 254 valence electrons. The number of benzene rings is 4. The summed E-state index contributed by atoms with van der Waals surface area (Å²) in [4.78, 5) is 63.1. The maximum atomic E-state index is 12.9. The van der Waals surface area contributed by atoms with Crippen LogP contribution in [0.3, 0.4) is 0 Å². The number of hydrogen-bond acceptors (Lipinski definition) is 12. The van der Waals surface area contributed by atoms with Crippen molar-refractivity contribution in [3.05, 3.63) is 119 Å². The van der Waals surface area contributed by atoms with Crippen LogP contribution in [-0.4, -0.2) is 84.4 Å². The first-order chi connectivity index (χ1) is 24.4. The minimum atomic E-state index is -0.384. The Kier molecular flexibility index (Phi) is 10.8. The summed E-state index contributed by atoms with van der Waals surface area (Å²) in [5.74, 6) is -0.232. The van der Waals surface area contributed by atoms with Gasteiger partial charge in [-0.05, 0) is 72.8 Å². The average Bonchev–Trinajstić information content (AvgIpc) is 3.54. The molecule has 0 spiro atoms. The number of nitrogens with zero attached hydrogens (tertiary/aromatic N) is 4. The minimum absolute atomic E-state index is 0.00276. The number of carbonyl (C=O) groups is 4. The lowest BCUT2D eigenvalue weighted by Crippen LogP contribution is -2.33. The monoisotopic (exact) mass is 710 g/mol. The third-order valence-corrected chi connectivity index (χ3v) is 9.50. The number of amides is 4. The maximum absolute atomic E-state index is 12.9. The second kappa shape index (κ2) is 15.7. The predicted molar refractivity (Wildman–Crippen MR) is 191 cm³/mol. The van der Waals surface area contributed by atoms with Gasteiger partial charge < -0.3 is 18.9 Å². The number of ether oxygens (including phenoxy) is 4. The number of aliphatic imine (C=N–C) groups is 2. The molecule has 0 radical (unpaired) electrons. The summed E-state index contributed by atoms with van der Waals surface area (Å²) in [6.07, 6.45) is 0. The van der Waals surface area contributed by atoms with E-state index in [1.165, 1.54) is 0 Å². The van der Waals surface area contributed by atoms with Crippen LogP contribution >= 0.6 is 21.6 Å². The standard InChI is InChI=1S/C36H30N4O8S2/c1-45-25-15-11-23(12-16-25)37-35(47-21-19-39-31(41)27-7-3-4-8-28(27)32(39)42)49-50-36(38-24-13-17-26(46-2)18-14-24)48-22-20-40-33(43)29-9-5-6-10-30(29)34(40)44/h3-18H,19-22H2,1-2H3. The molecule has 6 rings (SSSR count). The highest BCUT2D eigenvalue weighted by Crippen LogP contribution is 2.32. The number of hydrogen-bond donors (Lipinski definition) is 0. The smallest absolute Gasteiger partial charge is 0.262 e. The fraction of sp³-hybridized carbons (Fsp3) is 0.167. The van der Waals surface area contributed by atoms with Crippen molar-refractivity contribution < 1.29 is 38.1 Å². The Balaban J connectivity index is 1.17. The van der Waals surface area contributed by atoms with Crippen molar-refractivity contribution in [2.75, 3.05) is 40.5 Å². The number of imide groups is 2. The van der Waals surface area contributed by atoms with E-state index in [-0.39, 0.29) is 60.4 Å². The number of rotatable bonds is 10. The van der Waals surface area contributed by atoms with Crippen LogP contribution in [0.25, 0.3) is 0 Å². The zero-order valence-corrected chi connectivity index (χ0v) is 28.6. The third kappa shape index (κ3) is 7.66. The fourth-order valence-corrected chi connectivity index (χ4v) is 6.71. The molecule has 0 saturated carbocycles. The van der Waals surface area contributed by atoms with E-state index >= 15 is 0 Å². The lowest BCUT2D eigenvalue weighted by Gasteiger charge is -2.16. The van der Waals surface area contributed by atoms with Gasteiger partial charge in [0, 0.05) is 21.6 Å². The molecular weight excluding hydrogens is 681 g/mol. The summed E-state index contributed by atoms with van der Waals surface area (Å²) in [6.45, 7) is -0.0509. The Morgan fingerprint density at radius 2 is 0.840 bits per heavy atom. The van der Waals surface area contributed by atoms with Gasteiger partial charge in [-0.25, -0.2) is 9.98 Å². The van der Waals surface area contributed by atoms with Crippen LogP contribution in [0, 0.1) is 0 Å². The zero-order valence-electron chi connectivity index (χ0n) is 26.9. The summed E-state index contributed by atoms with van der Waals surface area (Å²) < 4.78 is 22.6. The Labute approximate surface area is 295 Å². The predicted octanol–water partition coefficient (Wildman–Crippen LogP) is 6.39. The van der Waals surface area contributed by atoms with E-state index in [1.54, 1.807) is 111 Å². The van der Waals surface area contributed by atoms with Crippen LogP contribution in [0.15, 0.2) is 107 Å². The third-order valence-electron chi connectivity index (χ3n) is 7.61. The summed E-state index contributed by atoms with van der Waals surface area (Å²) >= 11 is 0. The van der Waals surface area contributed by atoms with E-state index in [9.17, 15) is 19.2 Å². The number of methoxy groups -OCH3 is 2. The van der Waals surface area contributed by atoms with Crippen molar-refractivity contribution in [1.29, 1.82) is 0 Å². The molecule has 2 aliphatic heterocycles. The second-order valence-electron chi connectivity index (χ2n) is 10.6.